The highest BCUT2D eigenvalue weighted by Gasteiger charge is 2.24. The van der Waals surface area contributed by atoms with Crippen LogP contribution >= 0.6 is 15.9 Å². The van der Waals surface area contributed by atoms with Crippen LogP contribution in [0.2, 0.25) is 0 Å². The van der Waals surface area contributed by atoms with E-state index in [-0.39, 0.29) is 5.82 Å². The Kier molecular flexibility index (Phi) is 5.40. The summed E-state index contributed by atoms with van der Waals surface area (Å²) in [6.07, 6.45) is 5.26. The van der Waals surface area contributed by atoms with Gasteiger partial charge < -0.3 is 0 Å². The van der Waals surface area contributed by atoms with Gasteiger partial charge in [-0.1, -0.05) is 38.8 Å². The monoisotopic (exact) mass is 327 g/mol. The van der Waals surface area contributed by atoms with Crippen molar-refractivity contribution in [3.63, 3.8) is 0 Å². The first-order valence-corrected chi connectivity index (χ1v) is 8.04. The molecule has 1 saturated carbocycles. The maximum Gasteiger partial charge on any atom is 0.137 e. The maximum atomic E-state index is 13.6. The molecule has 1 fully saturated rings. The largest absolute Gasteiger partial charge is 0.296 e. The van der Waals surface area contributed by atoms with E-state index in [9.17, 15) is 4.39 Å². The molecular weight excluding hydrogens is 305 g/mol. The summed E-state index contributed by atoms with van der Waals surface area (Å²) in [5, 5.41) is 0. The van der Waals surface area contributed by atoms with Gasteiger partial charge in [0.2, 0.25) is 0 Å². The zero-order valence-electron chi connectivity index (χ0n) is 11.8. The van der Waals surface area contributed by atoms with E-state index >= 15 is 0 Å². The molecule has 19 heavy (non-hydrogen) atoms. The van der Waals surface area contributed by atoms with E-state index in [1.54, 1.807) is 6.07 Å². The van der Waals surface area contributed by atoms with Gasteiger partial charge in [-0.25, -0.2) is 4.39 Å². The molecule has 0 radical (unpaired) electrons. The smallest absolute Gasteiger partial charge is 0.137 e. The summed E-state index contributed by atoms with van der Waals surface area (Å²) in [6, 6.07) is 6.01. The van der Waals surface area contributed by atoms with Crippen molar-refractivity contribution in [2.45, 2.75) is 52.1 Å². The maximum absolute atomic E-state index is 13.6. The van der Waals surface area contributed by atoms with Crippen LogP contribution in [0.3, 0.4) is 0 Å². The predicted octanol–water partition coefficient (Wildman–Crippen LogP) is 4.99. The molecule has 1 aromatic carbocycles. The Hall–Kier alpha value is -0.410. The second kappa shape index (κ2) is 6.85. The van der Waals surface area contributed by atoms with E-state index in [2.05, 4.69) is 34.7 Å². The fourth-order valence-electron chi connectivity index (χ4n) is 2.97. The molecule has 0 aromatic heterocycles. The van der Waals surface area contributed by atoms with Crippen LogP contribution in [0.5, 0.6) is 0 Å². The second-order valence-electron chi connectivity index (χ2n) is 5.97. The first-order valence-electron chi connectivity index (χ1n) is 7.25. The Morgan fingerprint density at radius 1 is 1.32 bits per heavy atom. The standard InChI is InChI=1S/C16H23BrFN/c1-12(2)10-19(14-7-3-4-8-14)11-13-6-5-9-15(18)16(13)17/h5-6,9,12,14H,3-4,7-8,10-11H2,1-2H3. The van der Waals surface area contributed by atoms with Crippen LogP contribution in [0.1, 0.15) is 45.1 Å². The summed E-state index contributed by atoms with van der Waals surface area (Å²) in [4.78, 5) is 2.54. The first-order chi connectivity index (χ1) is 9.08. The molecule has 0 bridgehead atoms. The van der Waals surface area contributed by atoms with Gasteiger partial charge in [0.05, 0.1) is 4.47 Å². The molecule has 1 aromatic rings. The van der Waals surface area contributed by atoms with Gasteiger partial charge in [-0.2, -0.15) is 0 Å². The summed E-state index contributed by atoms with van der Waals surface area (Å²) in [5.74, 6) is 0.487. The van der Waals surface area contributed by atoms with Crippen molar-refractivity contribution >= 4 is 15.9 Å². The van der Waals surface area contributed by atoms with Crippen molar-refractivity contribution in [3.8, 4) is 0 Å². The number of nitrogens with zero attached hydrogens (tertiary/aromatic N) is 1. The van der Waals surface area contributed by atoms with Crippen molar-refractivity contribution in [2.24, 2.45) is 5.92 Å². The van der Waals surface area contributed by atoms with Gasteiger partial charge in [0.1, 0.15) is 5.82 Å². The molecule has 1 aliphatic rings. The Labute approximate surface area is 124 Å². The lowest BCUT2D eigenvalue weighted by Gasteiger charge is -2.30. The molecule has 0 saturated heterocycles. The van der Waals surface area contributed by atoms with Crippen LogP contribution in [-0.4, -0.2) is 17.5 Å². The Morgan fingerprint density at radius 2 is 2.00 bits per heavy atom. The minimum atomic E-state index is -0.159. The normalized spacial score (nSPS) is 16.7. The Balaban J connectivity index is 2.12. The van der Waals surface area contributed by atoms with E-state index in [4.69, 9.17) is 0 Å². The fraction of sp³-hybridized carbons (Fsp3) is 0.625. The van der Waals surface area contributed by atoms with Crippen molar-refractivity contribution in [1.29, 1.82) is 0 Å². The van der Waals surface area contributed by atoms with E-state index in [1.165, 1.54) is 31.7 Å². The van der Waals surface area contributed by atoms with E-state index in [0.717, 1.165) is 18.7 Å². The molecule has 0 aliphatic heterocycles. The van der Waals surface area contributed by atoms with Gasteiger partial charge in [0, 0.05) is 19.1 Å². The molecule has 0 N–H and O–H groups in total. The highest BCUT2D eigenvalue weighted by atomic mass is 79.9. The molecule has 0 heterocycles. The zero-order valence-corrected chi connectivity index (χ0v) is 13.4. The van der Waals surface area contributed by atoms with Crippen LogP contribution < -0.4 is 0 Å². The lowest BCUT2D eigenvalue weighted by molar-refractivity contribution is 0.168. The number of hydrogen-bond donors (Lipinski definition) is 0. The lowest BCUT2D eigenvalue weighted by Crippen LogP contribution is -2.35. The van der Waals surface area contributed by atoms with Crippen molar-refractivity contribution < 1.29 is 4.39 Å². The number of hydrogen-bond acceptors (Lipinski definition) is 1. The van der Waals surface area contributed by atoms with Crippen molar-refractivity contribution in [2.75, 3.05) is 6.54 Å². The first kappa shape index (κ1) is 15.0. The minimum Gasteiger partial charge on any atom is -0.296 e. The SMILES string of the molecule is CC(C)CN(Cc1cccc(F)c1Br)C1CCCC1. The van der Waals surface area contributed by atoms with E-state index in [1.807, 2.05) is 6.07 Å². The third kappa shape index (κ3) is 4.03. The molecule has 0 atom stereocenters. The number of rotatable bonds is 5. The van der Waals surface area contributed by atoms with Gasteiger partial charge in [-0.15, -0.1) is 0 Å². The molecule has 3 heteroatoms. The molecule has 2 rings (SSSR count). The van der Waals surface area contributed by atoms with Gasteiger partial charge >= 0.3 is 0 Å². The third-order valence-corrected chi connectivity index (χ3v) is 4.73. The Bertz CT molecular complexity index is 413. The van der Waals surface area contributed by atoms with Crippen molar-refractivity contribution in [3.05, 3.63) is 34.1 Å². The molecular formula is C16H23BrFN. The summed E-state index contributed by atoms with van der Waals surface area (Å²) < 4.78 is 14.2. The van der Waals surface area contributed by atoms with Gasteiger partial charge in [-0.05, 0) is 46.3 Å². The molecule has 0 amide bonds. The van der Waals surface area contributed by atoms with Gasteiger partial charge in [0.15, 0.2) is 0 Å². The van der Waals surface area contributed by atoms with Gasteiger partial charge in [0.25, 0.3) is 0 Å². The molecule has 106 valence electrons. The van der Waals surface area contributed by atoms with Crippen molar-refractivity contribution in [1.82, 2.24) is 4.90 Å². The third-order valence-electron chi connectivity index (χ3n) is 3.85. The summed E-state index contributed by atoms with van der Waals surface area (Å²) in [7, 11) is 0. The number of benzene rings is 1. The van der Waals surface area contributed by atoms with Crippen LogP contribution in [-0.2, 0) is 6.54 Å². The minimum absolute atomic E-state index is 0.159. The van der Waals surface area contributed by atoms with Crippen LogP contribution in [0.25, 0.3) is 0 Å². The highest BCUT2D eigenvalue weighted by Crippen LogP contribution is 2.28. The van der Waals surface area contributed by atoms with E-state index in [0.29, 0.717) is 16.4 Å². The van der Waals surface area contributed by atoms with Crippen LogP contribution in [0, 0.1) is 11.7 Å². The summed E-state index contributed by atoms with van der Waals surface area (Å²) >= 11 is 3.38. The zero-order chi connectivity index (χ0) is 13.8. The van der Waals surface area contributed by atoms with Crippen LogP contribution in [0.15, 0.2) is 22.7 Å². The summed E-state index contributed by atoms with van der Waals surface area (Å²) in [6.45, 7) is 6.44. The molecule has 0 spiro atoms. The number of halogens is 2. The van der Waals surface area contributed by atoms with Gasteiger partial charge in [-0.3, -0.25) is 4.90 Å². The molecule has 1 nitrogen and oxygen atoms in total. The topological polar surface area (TPSA) is 3.24 Å². The predicted molar refractivity (Wildman–Crippen MR) is 81.6 cm³/mol. The van der Waals surface area contributed by atoms with Crippen LogP contribution in [0.4, 0.5) is 4.39 Å². The highest BCUT2D eigenvalue weighted by molar-refractivity contribution is 9.10. The summed E-state index contributed by atoms with van der Waals surface area (Å²) in [5.41, 5.74) is 1.06. The molecule has 0 unspecified atom stereocenters. The Morgan fingerprint density at radius 3 is 2.63 bits per heavy atom. The lowest BCUT2D eigenvalue weighted by atomic mass is 10.1. The molecule has 1 aliphatic carbocycles. The average Bonchev–Trinajstić information content (AvgIpc) is 2.87. The van der Waals surface area contributed by atoms with E-state index < -0.39 is 0 Å². The second-order valence-corrected chi connectivity index (χ2v) is 6.77. The average molecular weight is 328 g/mol. The quantitative estimate of drug-likeness (QED) is 0.736. The fourth-order valence-corrected chi connectivity index (χ4v) is 3.36.